The molecule has 1 rings (SSSR count). The monoisotopic (exact) mass is 535 g/mol. The molecular formula is C30H49NO7. The van der Waals surface area contributed by atoms with Crippen LogP contribution in [-0.2, 0) is 25.6 Å². The minimum absolute atomic E-state index is 0.0690. The first-order valence-corrected chi connectivity index (χ1v) is 13.7. The van der Waals surface area contributed by atoms with Gasteiger partial charge in [0.05, 0.1) is 25.9 Å². The van der Waals surface area contributed by atoms with E-state index in [0.29, 0.717) is 32.0 Å². The fraction of sp³-hybridized carbons (Fsp3) is 0.667. The Bertz CT molecular complexity index is 858. The van der Waals surface area contributed by atoms with E-state index in [2.05, 4.69) is 33.0 Å². The van der Waals surface area contributed by atoms with Crippen molar-refractivity contribution < 1.29 is 33.6 Å². The van der Waals surface area contributed by atoms with E-state index in [1.165, 1.54) is 6.08 Å². The van der Waals surface area contributed by atoms with Gasteiger partial charge in [0.25, 0.3) is 0 Å². The Hall–Kier alpha value is -2.58. The lowest BCUT2D eigenvalue weighted by molar-refractivity contribution is -0.133. The molecule has 0 fully saturated rings. The number of aliphatic carboxylic acids is 1. The van der Waals surface area contributed by atoms with Gasteiger partial charge in [0.1, 0.15) is 17.0 Å². The first kappa shape index (κ1) is 33.4. The van der Waals surface area contributed by atoms with Crippen LogP contribution in [0.3, 0.4) is 0 Å². The van der Waals surface area contributed by atoms with Crippen LogP contribution in [-0.4, -0.2) is 48.7 Å². The molecule has 38 heavy (non-hydrogen) atoms. The summed E-state index contributed by atoms with van der Waals surface area (Å²) in [5.41, 5.74) is 0.142. The Morgan fingerprint density at radius 2 is 1.68 bits per heavy atom. The summed E-state index contributed by atoms with van der Waals surface area (Å²) in [6.07, 6.45) is 4.42. The Balaban J connectivity index is 2.97. The van der Waals surface area contributed by atoms with Crippen LogP contribution in [0.1, 0.15) is 86.1 Å². The molecule has 0 radical (unpaired) electrons. The second-order valence-corrected chi connectivity index (χ2v) is 11.0. The lowest BCUT2D eigenvalue weighted by Gasteiger charge is -2.32. The van der Waals surface area contributed by atoms with Gasteiger partial charge in [-0.3, -0.25) is 5.32 Å². The van der Waals surface area contributed by atoms with Crippen molar-refractivity contribution in [2.75, 3.05) is 13.7 Å². The molecule has 216 valence electrons. The fourth-order valence-corrected chi connectivity index (χ4v) is 4.01. The van der Waals surface area contributed by atoms with Gasteiger partial charge in [-0.2, -0.15) is 0 Å². The number of methoxy groups -OCH3 is 1. The number of carbonyl (C=O) groups is 2. The minimum Gasteiger partial charge on any atom is -0.497 e. The lowest BCUT2D eigenvalue weighted by Crippen LogP contribution is -2.35. The van der Waals surface area contributed by atoms with Gasteiger partial charge in [-0.15, -0.1) is 0 Å². The predicted molar refractivity (Wildman–Crippen MR) is 149 cm³/mol. The molecule has 8 heteroatoms. The number of nitrogens with one attached hydrogen (secondary N) is 1. The van der Waals surface area contributed by atoms with Gasteiger partial charge in [-0.25, -0.2) is 9.59 Å². The third-order valence-corrected chi connectivity index (χ3v) is 6.03. The van der Waals surface area contributed by atoms with Crippen LogP contribution in [0.25, 0.3) is 0 Å². The number of carboxylic acids is 1. The Morgan fingerprint density at radius 1 is 1.03 bits per heavy atom. The highest BCUT2D eigenvalue weighted by atomic mass is 16.6. The van der Waals surface area contributed by atoms with Crippen LogP contribution in [0.5, 0.6) is 5.75 Å². The standard InChI is InChI=1S/C30H49NO7/c1-9-19-36-27(12-10-11-26(28(32)33)31-29(34)38-30(5,6)7)25(18-13-21(2)3)22(4)37-20-23-14-16-24(35-8)17-15-23/h11,14-17,21-22,25,27H,9-10,12-13,18-20H2,1-8H3,(H,31,34)(H,32,33)/t22-,25?,27?/m0/s1. The van der Waals surface area contributed by atoms with Gasteiger partial charge >= 0.3 is 12.1 Å². The number of alkyl carbamates (subject to hydrolysis) is 1. The number of carboxylic acid groups (broad SMARTS) is 1. The highest BCUT2D eigenvalue weighted by molar-refractivity contribution is 5.90. The fourth-order valence-electron chi connectivity index (χ4n) is 4.01. The van der Waals surface area contributed by atoms with Crippen LogP contribution >= 0.6 is 0 Å². The van der Waals surface area contributed by atoms with Crippen molar-refractivity contribution in [2.45, 2.75) is 105 Å². The van der Waals surface area contributed by atoms with E-state index in [1.807, 2.05) is 24.3 Å². The van der Waals surface area contributed by atoms with E-state index in [-0.39, 0.29) is 23.8 Å². The number of hydrogen-bond donors (Lipinski definition) is 2. The largest absolute Gasteiger partial charge is 0.497 e. The molecule has 0 aliphatic heterocycles. The molecule has 3 atom stereocenters. The SMILES string of the molecule is CCCOC(CCC=C(NC(=O)OC(C)(C)C)C(=O)O)C(CCC(C)C)[C@H](C)OCc1ccc(OC)cc1. The molecule has 1 aromatic rings. The number of carbonyl (C=O) groups excluding carboxylic acids is 1. The quantitative estimate of drug-likeness (QED) is 0.213. The first-order chi connectivity index (χ1) is 17.9. The topological polar surface area (TPSA) is 103 Å². The molecule has 2 unspecified atom stereocenters. The van der Waals surface area contributed by atoms with Gasteiger partial charge in [0.15, 0.2) is 0 Å². The number of ether oxygens (including phenoxy) is 4. The van der Waals surface area contributed by atoms with Gasteiger partial charge in [-0.1, -0.05) is 45.4 Å². The summed E-state index contributed by atoms with van der Waals surface area (Å²) < 4.78 is 23.0. The third-order valence-electron chi connectivity index (χ3n) is 6.03. The summed E-state index contributed by atoms with van der Waals surface area (Å²) in [5, 5.41) is 11.9. The minimum atomic E-state index is -1.21. The molecule has 8 nitrogen and oxygen atoms in total. The molecule has 2 N–H and O–H groups in total. The van der Waals surface area contributed by atoms with Gasteiger partial charge in [0, 0.05) is 12.5 Å². The van der Waals surface area contributed by atoms with Crippen molar-refractivity contribution in [3.8, 4) is 5.75 Å². The van der Waals surface area contributed by atoms with Crippen molar-refractivity contribution in [1.29, 1.82) is 0 Å². The zero-order chi connectivity index (χ0) is 28.7. The molecule has 0 aliphatic carbocycles. The second-order valence-electron chi connectivity index (χ2n) is 11.0. The second kappa shape index (κ2) is 17.1. The highest BCUT2D eigenvalue weighted by Gasteiger charge is 2.28. The van der Waals surface area contributed by atoms with E-state index in [0.717, 1.165) is 30.6 Å². The predicted octanol–water partition coefficient (Wildman–Crippen LogP) is 6.72. The van der Waals surface area contributed by atoms with Crippen LogP contribution in [0.15, 0.2) is 36.0 Å². The smallest absolute Gasteiger partial charge is 0.412 e. The number of benzene rings is 1. The van der Waals surface area contributed by atoms with Crippen LogP contribution < -0.4 is 10.1 Å². The van der Waals surface area contributed by atoms with Crippen molar-refractivity contribution in [3.63, 3.8) is 0 Å². The van der Waals surface area contributed by atoms with Crippen LogP contribution in [0, 0.1) is 11.8 Å². The van der Waals surface area contributed by atoms with Crippen LogP contribution in [0.4, 0.5) is 4.79 Å². The molecule has 0 saturated heterocycles. The summed E-state index contributed by atoms with van der Waals surface area (Å²) in [7, 11) is 1.64. The van der Waals surface area contributed by atoms with E-state index in [1.54, 1.807) is 27.9 Å². The lowest BCUT2D eigenvalue weighted by atomic mass is 9.86. The number of allylic oxidation sites excluding steroid dienone is 1. The summed E-state index contributed by atoms with van der Waals surface area (Å²) in [5.74, 6) is 0.256. The van der Waals surface area contributed by atoms with Gasteiger partial charge in [-0.05, 0) is 77.0 Å². The van der Waals surface area contributed by atoms with Crippen LogP contribution in [0.2, 0.25) is 0 Å². The molecule has 0 aromatic heterocycles. The number of amides is 1. The summed E-state index contributed by atoms with van der Waals surface area (Å²) in [4.78, 5) is 23.8. The van der Waals surface area contributed by atoms with E-state index in [9.17, 15) is 14.7 Å². The number of hydrogen-bond acceptors (Lipinski definition) is 6. The highest BCUT2D eigenvalue weighted by Crippen LogP contribution is 2.28. The average Bonchev–Trinajstić information content (AvgIpc) is 2.83. The molecule has 1 aromatic carbocycles. The zero-order valence-electron chi connectivity index (χ0n) is 24.5. The Labute approximate surface area is 229 Å². The molecule has 0 bridgehead atoms. The van der Waals surface area contributed by atoms with E-state index >= 15 is 0 Å². The van der Waals surface area contributed by atoms with Crippen molar-refractivity contribution in [1.82, 2.24) is 5.32 Å². The molecular weight excluding hydrogens is 486 g/mol. The first-order valence-electron chi connectivity index (χ1n) is 13.7. The maximum Gasteiger partial charge on any atom is 0.412 e. The molecule has 0 aliphatic rings. The summed E-state index contributed by atoms with van der Waals surface area (Å²) >= 11 is 0. The maximum atomic E-state index is 12.1. The Morgan fingerprint density at radius 3 is 2.21 bits per heavy atom. The third kappa shape index (κ3) is 13.8. The van der Waals surface area contributed by atoms with E-state index in [4.69, 9.17) is 18.9 Å². The molecule has 0 heterocycles. The maximum absolute atomic E-state index is 12.1. The van der Waals surface area contributed by atoms with Crippen molar-refractivity contribution >= 4 is 12.1 Å². The normalized spacial score (nSPS) is 14.6. The van der Waals surface area contributed by atoms with Gasteiger partial charge < -0.3 is 24.1 Å². The van der Waals surface area contributed by atoms with Gasteiger partial charge in [0.2, 0.25) is 0 Å². The summed E-state index contributed by atoms with van der Waals surface area (Å²) in [6, 6.07) is 7.83. The molecule has 1 amide bonds. The van der Waals surface area contributed by atoms with Crippen molar-refractivity contribution in [3.05, 3.63) is 41.6 Å². The average molecular weight is 536 g/mol. The molecule has 0 saturated carbocycles. The molecule has 0 spiro atoms. The number of rotatable bonds is 17. The van der Waals surface area contributed by atoms with E-state index < -0.39 is 17.7 Å². The van der Waals surface area contributed by atoms with Crippen molar-refractivity contribution in [2.24, 2.45) is 11.8 Å². The summed E-state index contributed by atoms with van der Waals surface area (Å²) in [6.45, 7) is 14.8. The Kier molecular flexibility index (Phi) is 15.0. The zero-order valence-corrected chi connectivity index (χ0v) is 24.5.